The van der Waals surface area contributed by atoms with Gasteiger partial charge in [-0.15, -0.1) is 0 Å². The van der Waals surface area contributed by atoms with Crippen molar-refractivity contribution in [1.82, 2.24) is 19.5 Å². The minimum atomic E-state index is -0.155. The second-order valence-electron chi connectivity index (χ2n) is 17.0. The first-order valence-electron chi connectivity index (χ1n) is 22.1. The summed E-state index contributed by atoms with van der Waals surface area (Å²) in [6.45, 7) is 0. The van der Waals surface area contributed by atoms with Gasteiger partial charge < -0.3 is 9.30 Å². The van der Waals surface area contributed by atoms with Crippen LogP contribution in [0.25, 0.3) is 94.1 Å². The van der Waals surface area contributed by atoms with Crippen molar-refractivity contribution in [3.05, 3.63) is 229 Å². The molecule has 2 aromatic heterocycles. The van der Waals surface area contributed by atoms with E-state index in [0.29, 0.717) is 18.1 Å². The van der Waals surface area contributed by atoms with Crippen LogP contribution in [0.3, 0.4) is 0 Å². The van der Waals surface area contributed by atoms with E-state index in [4.69, 9.17) is 19.7 Å². The fourth-order valence-electron chi connectivity index (χ4n) is 10.4. The number of ether oxygens (including phenoxy) is 1. The van der Waals surface area contributed by atoms with E-state index < -0.39 is 0 Å². The van der Waals surface area contributed by atoms with Gasteiger partial charge in [0.1, 0.15) is 17.7 Å². The molecule has 0 spiro atoms. The molecule has 302 valence electrons. The normalized spacial score (nSPS) is 16.8. The Labute approximate surface area is 370 Å². The molecule has 2 atom stereocenters. The third-order valence-corrected chi connectivity index (χ3v) is 13.3. The summed E-state index contributed by atoms with van der Waals surface area (Å²) in [4.78, 5) is 15.6. The number of hydrogen-bond acceptors (Lipinski definition) is 4. The minimum absolute atomic E-state index is 0.0987. The second-order valence-corrected chi connectivity index (χ2v) is 17.0. The Morgan fingerprint density at radius 3 is 1.84 bits per heavy atom. The Morgan fingerprint density at radius 2 is 1.09 bits per heavy atom. The zero-order valence-corrected chi connectivity index (χ0v) is 34.9. The van der Waals surface area contributed by atoms with Crippen LogP contribution in [0.5, 0.6) is 0 Å². The fourth-order valence-corrected chi connectivity index (χ4v) is 10.4. The number of nitrogens with zero attached hydrogens (tertiary/aromatic N) is 4. The molecule has 0 bridgehead atoms. The molecule has 1 aliphatic heterocycles. The Morgan fingerprint density at radius 1 is 0.500 bits per heavy atom. The zero-order valence-electron chi connectivity index (χ0n) is 34.9. The highest BCUT2D eigenvalue weighted by molar-refractivity contribution is 6.30. The predicted octanol–water partition coefficient (Wildman–Crippen LogP) is 14.5. The van der Waals surface area contributed by atoms with Crippen LogP contribution in [0.15, 0.2) is 223 Å². The van der Waals surface area contributed by atoms with Gasteiger partial charge >= 0.3 is 0 Å². The summed E-state index contributed by atoms with van der Waals surface area (Å²) in [5, 5.41) is 7.56. The molecule has 8 aromatic carbocycles. The van der Waals surface area contributed by atoms with Gasteiger partial charge in [0.05, 0.1) is 17.0 Å². The highest BCUT2D eigenvalue weighted by Gasteiger charge is 2.40. The Balaban J connectivity index is 0.953. The summed E-state index contributed by atoms with van der Waals surface area (Å²) in [7, 11) is 0. The number of allylic oxidation sites excluding steroid dienone is 4. The quantitative estimate of drug-likeness (QED) is 0.168. The molecule has 2 aliphatic carbocycles. The van der Waals surface area contributed by atoms with Gasteiger partial charge in [-0.2, -0.15) is 0 Å². The fraction of sp³-hybridized carbons (Fsp3) is 0.0678. The van der Waals surface area contributed by atoms with Crippen molar-refractivity contribution in [1.29, 1.82) is 0 Å². The van der Waals surface area contributed by atoms with Crippen LogP contribution in [0.1, 0.15) is 24.6 Å². The first-order chi connectivity index (χ1) is 31.7. The predicted molar refractivity (Wildman–Crippen MR) is 261 cm³/mol. The van der Waals surface area contributed by atoms with Crippen molar-refractivity contribution in [2.75, 3.05) is 0 Å². The second kappa shape index (κ2) is 14.7. The summed E-state index contributed by atoms with van der Waals surface area (Å²) in [5.74, 6) is 2.89. The lowest BCUT2D eigenvalue weighted by molar-refractivity contribution is 0.178. The van der Waals surface area contributed by atoms with E-state index in [2.05, 4.69) is 187 Å². The van der Waals surface area contributed by atoms with Gasteiger partial charge in [-0.25, -0.2) is 15.0 Å². The molecule has 2 unspecified atom stereocenters. The lowest BCUT2D eigenvalue weighted by Gasteiger charge is -2.24. The van der Waals surface area contributed by atoms with Crippen molar-refractivity contribution in [3.8, 4) is 45.0 Å². The van der Waals surface area contributed by atoms with Gasteiger partial charge in [-0.3, -0.25) is 0 Å². The standard InChI is InChI=1S/C59H40N4O/c1-4-15-37(16-5-1)38-27-29-42(30-28-38)58-60-57(41-20-8-3-9-21-41)61-59(62-58)48-25-14-26-52-54(48)47-33-32-43(35-53(47)64-52)63-50-34-31-40-19-10-11-22-44(40)55(50)56-46-24-13-12-23-45(46)49(36-51(56)63)39-17-6-2-7-18-39/h1-24,26-34,36,48,53H,25,35H2. The van der Waals surface area contributed by atoms with Crippen molar-refractivity contribution in [2.45, 2.75) is 24.9 Å². The van der Waals surface area contributed by atoms with Crippen LogP contribution >= 0.6 is 0 Å². The van der Waals surface area contributed by atoms with Gasteiger partial charge in [0.25, 0.3) is 0 Å². The van der Waals surface area contributed by atoms with Gasteiger partial charge in [-0.05, 0) is 74.5 Å². The van der Waals surface area contributed by atoms with Crippen molar-refractivity contribution in [2.24, 2.45) is 0 Å². The molecule has 10 aromatic rings. The Kier molecular flexibility index (Phi) is 8.41. The lowest BCUT2D eigenvalue weighted by Crippen LogP contribution is -2.18. The van der Waals surface area contributed by atoms with Crippen LogP contribution in [0.4, 0.5) is 0 Å². The molecule has 0 saturated carbocycles. The van der Waals surface area contributed by atoms with Crippen molar-refractivity contribution in [3.63, 3.8) is 0 Å². The topological polar surface area (TPSA) is 52.8 Å². The highest BCUT2D eigenvalue weighted by atomic mass is 16.5. The first-order valence-corrected chi connectivity index (χ1v) is 22.1. The number of fused-ring (bicyclic) bond motifs is 9. The highest BCUT2D eigenvalue weighted by Crippen LogP contribution is 2.50. The largest absolute Gasteiger partial charge is 0.485 e. The number of rotatable bonds is 6. The van der Waals surface area contributed by atoms with Crippen LogP contribution in [0, 0.1) is 0 Å². The van der Waals surface area contributed by atoms with E-state index in [0.717, 1.165) is 34.7 Å². The summed E-state index contributed by atoms with van der Waals surface area (Å²) in [6, 6.07) is 64.7. The number of benzene rings is 8. The molecule has 3 aliphatic rings. The molecular formula is C59H40N4O. The zero-order chi connectivity index (χ0) is 42.1. The molecule has 64 heavy (non-hydrogen) atoms. The van der Waals surface area contributed by atoms with Gasteiger partial charge in [0.2, 0.25) is 0 Å². The Bertz CT molecular complexity index is 3620. The average molecular weight is 821 g/mol. The van der Waals surface area contributed by atoms with E-state index in [-0.39, 0.29) is 12.0 Å². The first kappa shape index (κ1) is 36.5. The van der Waals surface area contributed by atoms with Gasteiger partial charge in [-0.1, -0.05) is 182 Å². The van der Waals surface area contributed by atoms with Crippen LogP contribution in [0.2, 0.25) is 0 Å². The van der Waals surface area contributed by atoms with E-state index >= 15 is 0 Å². The molecule has 0 radical (unpaired) electrons. The molecular weight excluding hydrogens is 781 g/mol. The third kappa shape index (κ3) is 5.89. The van der Waals surface area contributed by atoms with Gasteiger partial charge in [0, 0.05) is 45.2 Å². The van der Waals surface area contributed by atoms with Crippen LogP contribution in [-0.4, -0.2) is 25.6 Å². The summed E-state index contributed by atoms with van der Waals surface area (Å²) < 4.78 is 9.50. The summed E-state index contributed by atoms with van der Waals surface area (Å²) in [6.07, 6.45) is 10.3. The molecule has 5 heteroatoms. The molecule has 13 rings (SSSR count). The minimum Gasteiger partial charge on any atom is -0.485 e. The van der Waals surface area contributed by atoms with Crippen LogP contribution < -0.4 is 0 Å². The lowest BCUT2D eigenvalue weighted by atomic mass is 9.82. The molecule has 0 saturated heterocycles. The molecule has 0 amide bonds. The monoisotopic (exact) mass is 820 g/mol. The van der Waals surface area contributed by atoms with Crippen molar-refractivity contribution >= 4 is 49.0 Å². The maximum atomic E-state index is 6.99. The number of aromatic nitrogens is 4. The number of hydrogen-bond donors (Lipinski definition) is 0. The smallest absolute Gasteiger partial charge is 0.163 e. The molecule has 0 N–H and O–H groups in total. The third-order valence-electron chi connectivity index (χ3n) is 13.3. The van der Waals surface area contributed by atoms with Crippen molar-refractivity contribution < 1.29 is 4.74 Å². The summed E-state index contributed by atoms with van der Waals surface area (Å²) in [5.41, 5.74) is 12.6. The maximum Gasteiger partial charge on any atom is 0.163 e. The molecule has 3 heterocycles. The van der Waals surface area contributed by atoms with E-state index in [9.17, 15) is 0 Å². The maximum absolute atomic E-state index is 6.99. The van der Waals surface area contributed by atoms with E-state index in [1.165, 1.54) is 76.9 Å². The Hall–Kier alpha value is -8.15. The SMILES string of the molecule is C1=CC2=C(C3=CC=C(n4c5ccc6ccccc6c5c5c6ccccc6c(-c6ccccc6)cc54)CC3O2)C(c2nc(-c3ccccc3)nc(-c3ccc(-c4ccccc4)cc3)n2)C1. The molecule has 5 nitrogen and oxygen atoms in total. The molecule has 0 fully saturated rings. The van der Waals surface area contributed by atoms with E-state index in [1.54, 1.807) is 0 Å². The average Bonchev–Trinajstić information content (AvgIpc) is 3.92. The summed E-state index contributed by atoms with van der Waals surface area (Å²) >= 11 is 0. The van der Waals surface area contributed by atoms with Gasteiger partial charge in [0.15, 0.2) is 11.6 Å². The van der Waals surface area contributed by atoms with E-state index in [1.807, 2.05) is 24.3 Å². The van der Waals surface area contributed by atoms with Crippen LogP contribution in [-0.2, 0) is 4.74 Å².